The molecule has 1 aliphatic rings. The molecule has 1 unspecified atom stereocenters. The molecule has 27 heavy (non-hydrogen) atoms. The van der Waals surface area contributed by atoms with Crippen LogP contribution in [0.1, 0.15) is 42.3 Å². The second-order valence-electron chi connectivity index (χ2n) is 7.03. The molecule has 0 bridgehead atoms. The number of likely N-dealkylation sites (tertiary alicyclic amines) is 1. The molecule has 3 aromatic rings. The molecule has 0 radical (unpaired) electrons. The van der Waals surface area contributed by atoms with Crippen LogP contribution in [-0.2, 0) is 4.79 Å². The second-order valence-corrected chi connectivity index (χ2v) is 8.10. The van der Waals surface area contributed by atoms with E-state index in [2.05, 4.69) is 6.07 Å². The fourth-order valence-corrected chi connectivity index (χ4v) is 4.73. The van der Waals surface area contributed by atoms with Crippen molar-refractivity contribution in [2.75, 3.05) is 13.2 Å². The molecule has 2 heterocycles. The summed E-state index contributed by atoms with van der Waals surface area (Å²) in [5, 5.41) is 1.07. The molecule has 2 aromatic carbocycles. The van der Waals surface area contributed by atoms with E-state index in [1.54, 1.807) is 11.3 Å². The van der Waals surface area contributed by atoms with Gasteiger partial charge in [0.25, 0.3) is 0 Å². The molecule has 1 aliphatic heterocycles. The largest absolute Gasteiger partial charge is 0.494 e. The smallest absolute Gasteiger partial charge is 0.223 e. The summed E-state index contributed by atoms with van der Waals surface area (Å²) in [6.07, 6.45) is 3.31. The summed E-state index contributed by atoms with van der Waals surface area (Å²) in [6, 6.07) is 16.3. The molecule has 0 saturated carbocycles. The highest BCUT2D eigenvalue weighted by Gasteiger charge is 2.31. The van der Waals surface area contributed by atoms with Crippen LogP contribution in [0.4, 0.5) is 0 Å². The minimum absolute atomic E-state index is 0.132. The Morgan fingerprint density at radius 1 is 1.26 bits per heavy atom. The van der Waals surface area contributed by atoms with Gasteiger partial charge in [-0.15, -0.1) is 11.3 Å². The van der Waals surface area contributed by atoms with Crippen molar-refractivity contribution in [3.63, 3.8) is 0 Å². The Bertz CT molecular complexity index is 904. The Morgan fingerprint density at radius 3 is 3.00 bits per heavy atom. The lowest BCUT2D eigenvalue weighted by Gasteiger charge is -2.23. The molecule has 0 spiro atoms. The number of benzene rings is 2. The molecule has 1 fully saturated rings. The van der Waals surface area contributed by atoms with E-state index in [1.807, 2.05) is 54.3 Å². The van der Waals surface area contributed by atoms with Crippen LogP contribution in [0.5, 0.6) is 5.75 Å². The van der Waals surface area contributed by atoms with Crippen LogP contribution in [0.3, 0.4) is 0 Å². The van der Waals surface area contributed by atoms with E-state index in [9.17, 15) is 4.79 Å². The van der Waals surface area contributed by atoms with Gasteiger partial charge in [0.2, 0.25) is 5.91 Å². The Morgan fingerprint density at radius 2 is 2.15 bits per heavy atom. The van der Waals surface area contributed by atoms with Crippen LogP contribution >= 0.6 is 11.3 Å². The van der Waals surface area contributed by atoms with E-state index in [0.29, 0.717) is 13.0 Å². The third-order valence-corrected chi connectivity index (χ3v) is 6.10. The number of carbonyl (C=O) groups excluding carboxylic acids is 1. The Kier molecular flexibility index (Phi) is 5.39. The lowest BCUT2D eigenvalue weighted by molar-refractivity contribution is -0.132. The van der Waals surface area contributed by atoms with Gasteiger partial charge < -0.3 is 9.64 Å². The molecule has 1 aromatic heterocycles. The van der Waals surface area contributed by atoms with Gasteiger partial charge in [-0.3, -0.25) is 4.79 Å². The molecule has 0 N–H and O–H groups in total. The second kappa shape index (κ2) is 8.09. The van der Waals surface area contributed by atoms with Crippen molar-refractivity contribution in [2.24, 2.45) is 0 Å². The molecule has 1 atom stereocenters. The number of nitrogens with zero attached hydrogens (tertiary/aromatic N) is 2. The number of rotatable bonds is 6. The zero-order chi connectivity index (χ0) is 18.6. The van der Waals surface area contributed by atoms with Gasteiger partial charge in [0, 0.05) is 13.0 Å². The maximum Gasteiger partial charge on any atom is 0.223 e. The number of ether oxygens (including phenoxy) is 1. The SMILES string of the molecule is Cc1cccc(OCCCC(=O)N2CCCC2c2nc3ccccc3s2)c1. The van der Waals surface area contributed by atoms with E-state index >= 15 is 0 Å². The standard InChI is InChI=1S/C22H24N2O2S/c1-16-7-4-8-17(15-16)26-14-6-12-21(25)24-13-5-10-19(24)22-23-18-9-2-3-11-20(18)27-22/h2-4,7-9,11,15,19H,5-6,10,12-14H2,1H3. The fraction of sp³-hybridized carbons (Fsp3) is 0.364. The molecule has 1 amide bonds. The first-order valence-corrected chi connectivity index (χ1v) is 10.4. The fourth-order valence-electron chi connectivity index (χ4n) is 3.62. The van der Waals surface area contributed by atoms with Crippen molar-refractivity contribution in [1.29, 1.82) is 0 Å². The summed E-state index contributed by atoms with van der Waals surface area (Å²) in [5.41, 5.74) is 2.21. The van der Waals surface area contributed by atoms with E-state index in [-0.39, 0.29) is 11.9 Å². The third-order valence-electron chi connectivity index (χ3n) is 4.96. The normalized spacial score (nSPS) is 16.8. The highest BCUT2D eigenvalue weighted by atomic mass is 32.1. The number of carbonyl (C=O) groups is 1. The minimum Gasteiger partial charge on any atom is -0.494 e. The summed E-state index contributed by atoms with van der Waals surface area (Å²) in [7, 11) is 0. The lowest BCUT2D eigenvalue weighted by atomic mass is 10.2. The maximum atomic E-state index is 12.8. The molecule has 140 valence electrons. The highest BCUT2D eigenvalue weighted by Crippen LogP contribution is 2.36. The average molecular weight is 381 g/mol. The average Bonchev–Trinajstić information content (AvgIpc) is 3.31. The molecule has 1 saturated heterocycles. The first kappa shape index (κ1) is 18.0. The summed E-state index contributed by atoms with van der Waals surface area (Å²) in [6.45, 7) is 3.44. The van der Waals surface area contributed by atoms with E-state index in [4.69, 9.17) is 9.72 Å². The number of hydrogen-bond acceptors (Lipinski definition) is 4. The van der Waals surface area contributed by atoms with Crippen LogP contribution in [-0.4, -0.2) is 28.9 Å². The third kappa shape index (κ3) is 4.14. The van der Waals surface area contributed by atoms with Crippen molar-refractivity contribution in [1.82, 2.24) is 9.88 Å². The molecule has 5 heteroatoms. The summed E-state index contributed by atoms with van der Waals surface area (Å²) >= 11 is 1.71. The number of hydrogen-bond donors (Lipinski definition) is 0. The topological polar surface area (TPSA) is 42.4 Å². The number of aryl methyl sites for hydroxylation is 1. The summed E-state index contributed by atoms with van der Waals surface area (Å²) < 4.78 is 6.96. The van der Waals surface area contributed by atoms with Gasteiger partial charge in [-0.25, -0.2) is 4.98 Å². The van der Waals surface area contributed by atoms with Gasteiger partial charge in [0.05, 0.1) is 22.9 Å². The van der Waals surface area contributed by atoms with Crippen molar-refractivity contribution in [2.45, 2.75) is 38.6 Å². The maximum absolute atomic E-state index is 12.8. The number of thiazole rings is 1. The van der Waals surface area contributed by atoms with Gasteiger partial charge in [0.1, 0.15) is 10.8 Å². The molecule has 4 rings (SSSR count). The summed E-state index contributed by atoms with van der Waals surface area (Å²) in [4.78, 5) is 19.5. The molecular formula is C22H24N2O2S. The predicted molar refractivity (Wildman–Crippen MR) is 109 cm³/mol. The number of fused-ring (bicyclic) bond motifs is 1. The Hall–Kier alpha value is -2.40. The van der Waals surface area contributed by atoms with Gasteiger partial charge in [-0.05, 0) is 56.0 Å². The predicted octanol–water partition coefficient (Wildman–Crippen LogP) is 5.13. The molecular weight excluding hydrogens is 356 g/mol. The summed E-state index contributed by atoms with van der Waals surface area (Å²) in [5.74, 6) is 1.08. The van der Waals surface area contributed by atoms with Gasteiger partial charge in [-0.2, -0.15) is 0 Å². The zero-order valence-corrected chi connectivity index (χ0v) is 16.4. The highest BCUT2D eigenvalue weighted by molar-refractivity contribution is 7.18. The quantitative estimate of drug-likeness (QED) is 0.557. The van der Waals surface area contributed by atoms with Crippen LogP contribution in [0, 0.1) is 6.92 Å². The zero-order valence-electron chi connectivity index (χ0n) is 15.6. The first-order valence-electron chi connectivity index (χ1n) is 9.55. The monoisotopic (exact) mass is 380 g/mol. The number of para-hydroxylation sites is 1. The lowest BCUT2D eigenvalue weighted by Crippen LogP contribution is -2.30. The van der Waals surface area contributed by atoms with E-state index < -0.39 is 0 Å². The minimum atomic E-state index is 0.132. The van der Waals surface area contributed by atoms with Crippen LogP contribution in [0.2, 0.25) is 0 Å². The van der Waals surface area contributed by atoms with Crippen molar-refractivity contribution in [3.05, 3.63) is 59.1 Å². The number of amides is 1. The van der Waals surface area contributed by atoms with Gasteiger partial charge in [0.15, 0.2) is 0 Å². The number of aromatic nitrogens is 1. The van der Waals surface area contributed by atoms with Crippen LogP contribution in [0.25, 0.3) is 10.2 Å². The molecule has 4 nitrogen and oxygen atoms in total. The van der Waals surface area contributed by atoms with Gasteiger partial charge in [-0.1, -0.05) is 24.3 Å². The Balaban J connectivity index is 1.33. The van der Waals surface area contributed by atoms with Crippen molar-refractivity contribution >= 4 is 27.5 Å². The van der Waals surface area contributed by atoms with E-state index in [1.165, 1.54) is 10.3 Å². The van der Waals surface area contributed by atoms with Crippen LogP contribution < -0.4 is 4.74 Å². The van der Waals surface area contributed by atoms with E-state index in [0.717, 1.165) is 42.1 Å². The Labute approximate surface area is 163 Å². The first-order chi connectivity index (χ1) is 13.2. The van der Waals surface area contributed by atoms with Crippen molar-refractivity contribution < 1.29 is 9.53 Å². The van der Waals surface area contributed by atoms with Crippen LogP contribution in [0.15, 0.2) is 48.5 Å². The van der Waals surface area contributed by atoms with Crippen molar-refractivity contribution in [3.8, 4) is 5.75 Å². The van der Waals surface area contributed by atoms with Gasteiger partial charge >= 0.3 is 0 Å². The molecule has 0 aliphatic carbocycles.